The van der Waals surface area contributed by atoms with Gasteiger partial charge >= 0.3 is 0 Å². The van der Waals surface area contributed by atoms with E-state index in [1.54, 1.807) is 0 Å². The number of aromatic nitrogens is 1. The minimum Gasteiger partial charge on any atom is -0.261 e. The van der Waals surface area contributed by atoms with Crippen LogP contribution in [0.25, 0.3) is 5.57 Å². The molecule has 86 valence electrons. The minimum atomic E-state index is 0.889. The molecule has 0 radical (unpaired) electrons. The van der Waals surface area contributed by atoms with Crippen LogP contribution in [0, 0.1) is 0 Å². The van der Waals surface area contributed by atoms with Crippen LogP contribution in [0.1, 0.15) is 30.2 Å². The Morgan fingerprint density at radius 2 is 1.88 bits per heavy atom. The van der Waals surface area contributed by atoms with Gasteiger partial charge in [-0.25, -0.2) is 0 Å². The molecule has 0 aliphatic carbocycles. The molecule has 0 atom stereocenters. The van der Waals surface area contributed by atoms with Crippen molar-refractivity contribution in [3.63, 3.8) is 0 Å². The zero-order chi connectivity index (χ0) is 12.1. The summed E-state index contributed by atoms with van der Waals surface area (Å²) in [6, 6.07) is 14.6. The average molecular weight is 223 g/mol. The van der Waals surface area contributed by atoms with Gasteiger partial charge in [-0.15, -0.1) is 0 Å². The van der Waals surface area contributed by atoms with Gasteiger partial charge in [-0.1, -0.05) is 43.8 Å². The van der Waals surface area contributed by atoms with E-state index in [1.807, 2.05) is 18.3 Å². The second-order valence-corrected chi connectivity index (χ2v) is 4.15. The van der Waals surface area contributed by atoms with Gasteiger partial charge in [0.1, 0.15) is 0 Å². The Balaban J connectivity index is 2.11. The maximum atomic E-state index is 4.33. The van der Waals surface area contributed by atoms with E-state index in [0.717, 1.165) is 18.5 Å². The van der Waals surface area contributed by atoms with Crippen molar-refractivity contribution in [3.05, 3.63) is 72.1 Å². The fourth-order valence-electron chi connectivity index (χ4n) is 1.77. The zero-order valence-corrected chi connectivity index (χ0v) is 10.2. The first kappa shape index (κ1) is 11.6. The van der Waals surface area contributed by atoms with Gasteiger partial charge in [0.05, 0.1) is 0 Å². The van der Waals surface area contributed by atoms with E-state index in [0.29, 0.717) is 0 Å². The molecule has 2 aromatic rings. The second-order valence-electron chi connectivity index (χ2n) is 4.15. The van der Waals surface area contributed by atoms with E-state index in [9.17, 15) is 0 Å². The molecule has 0 fully saturated rings. The van der Waals surface area contributed by atoms with Gasteiger partial charge in [-0.05, 0) is 35.3 Å². The summed E-state index contributed by atoms with van der Waals surface area (Å²) in [5.41, 5.74) is 4.82. The second kappa shape index (κ2) is 5.44. The molecule has 0 unspecified atom stereocenters. The zero-order valence-electron chi connectivity index (χ0n) is 10.2. The Morgan fingerprint density at radius 1 is 1.12 bits per heavy atom. The third-order valence-corrected chi connectivity index (χ3v) is 2.90. The highest BCUT2D eigenvalue weighted by Gasteiger charge is 1.99. The topological polar surface area (TPSA) is 12.9 Å². The van der Waals surface area contributed by atoms with Gasteiger partial charge in [-0.3, -0.25) is 4.98 Å². The maximum Gasteiger partial charge on any atom is 0.0447 e. The molecule has 0 amide bonds. The summed E-state index contributed by atoms with van der Waals surface area (Å²) < 4.78 is 0. The van der Waals surface area contributed by atoms with Crippen molar-refractivity contribution in [2.45, 2.75) is 19.8 Å². The fraction of sp³-hybridized carbons (Fsp3) is 0.188. The van der Waals surface area contributed by atoms with E-state index in [4.69, 9.17) is 0 Å². The van der Waals surface area contributed by atoms with Gasteiger partial charge in [0.25, 0.3) is 0 Å². The van der Waals surface area contributed by atoms with Gasteiger partial charge in [0.15, 0.2) is 0 Å². The highest BCUT2D eigenvalue weighted by molar-refractivity contribution is 5.63. The fourth-order valence-corrected chi connectivity index (χ4v) is 1.77. The number of nitrogens with zero attached hydrogens (tertiary/aromatic N) is 1. The van der Waals surface area contributed by atoms with Gasteiger partial charge in [-0.2, -0.15) is 0 Å². The Kier molecular flexibility index (Phi) is 3.71. The van der Waals surface area contributed by atoms with Crippen molar-refractivity contribution in [1.82, 2.24) is 4.98 Å². The van der Waals surface area contributed by atoms with Crippen molar-refractivity contribution in [1.29, 1.82) is 0 Å². The lowest BCUT2D eigenvalue weighted by Crippen LogP contribution is -1.91. The first-order chi connectivity index (χ1) is 8.29. The van der Waals surface area contributed by atoms with E-state index in [2.05, 4.69) is 48.8 Å². The molecule has 17 heavy (non-hydrogen) atoms. The molecule has 1 heterocycles. The van der Waals surface area contributed by atoms with Crippen LogP contribution < -0.4 is 0 Å². The monoisotopic (exact) mass is 223 g/mol. The third-order valence-electron chi connectivity index (χ3n) is 2.90. The lowest BCUT2D eigenvalue weighted by Gasteiger charge is -2.05. The van der Waals surface area contributed by atoms with Crippen LogP contribution in [-0.2, 0) is 6.42 Å². The van der Waals surface area contributed by atoms with Crippen molar-refractivity contribution < 1.29 is 0 Å². The smallest absolute Gasteiger partial charge is 0.0447 e. The number of hydrogen-bond acceptors (Lipinski definition) is 1. The molecule has 0 aliphatic heterocycles. The molecule has 1 nitrogen and oxygen atoms in total. The highest BCUT2D eigenvalue weighted by Crippen LogP contribution is 2.17. The van der Waals surface area contributed by atoms with Crippen molar-refractivity contribution >= 4 is 5.57 Å². The minimum absolute atomic E-state index is 0.889. The Labute approximate surface area is 103 Å². The first-order valence-corrected chi connectivity index (χ1v) is 5.96. The molecule has 0 saturated heterocycles. The third kappa shape index (κ3) is 3.04. The Hall–Kier alpha value is -1.89. The van der Waals surface area contributed by atoms with E-state index in [1.165, 1.54) is 16.7 Å². The Bertz CT molecular complexity index is 483. The predicted molar refractivity (Wildman–Crippen MR) is 72.8 cm³/mol. The van der Waals surface area contributed by atoms with E-state index in [-0.39, 0.29) is 0 Å². The largest absolute Gasteiger partial charge is 0.261 e. The molecule has 0 aliphatic rings. The number of rotatable bonds is 4. The lowest BCUT2D eigenvalue weighted by atomic mass is 10.0. The van der Waals surface area contributed by atoms with Gasteiger partial charge in [0, 0.05) is 18.3 Å². The highest BCUT2D eigenvalue weighted by atomic mass is 14.7. The molecule has 0 N–H and O–H groups in total. The van der Waals surface area contributed by atoms with Gasteiger partial charge < -0.3 is 0 Å². The Morgan fingerprint density at radius 3 is 2.47 bits per heavy atom. The summed E-state index contributed by atoms with van der Waals surface area (Å²) in [6.45, 7) is 6.17. The summed E-state index contributed by atoms with van der Waals surface area (Å²) in [5.74, 6) is 0. The quantitative estimate of drug-likeness (QED) is 0.760. The van der Waals surface area contributed by atoms with Crippen molar-refractivity contribution in [2.75, 3.05) is 0 Å². The summed E-state index contributed by atoms with van der Waals surface area (Å²) in [4.78, 5) is 4.33. The van der Waals surface area contributed by atoms with E-state index >= 15 is 0 Å². The summed E-state index contributed by atoms with van der Waals surface area (Å²) >= 11 is 0. The SMILES string of the molecule is C=C(CC)c1ccc(Cc2ccccn2)cc1. The van der Waals surface area contributed by atoms with Crippen LogP contribution >= 0.6 is 0 Å². The van der Waals surface area contributed by atoms with E-state index < -0.39 is 0 Å². The van der Waals surface area contributed by atoms with Crippen LogP contribution in [0.4, 0.5) is 0 Å². The van der Waals surface area contributed by atoms with Crippen LogP contribution in [0.5, 0.6) is 0 Å². The molecule has 0 saturated carbocycles. The molecule has 0 bridgehead atoms. The lowest BCUT2D eigenvalue weighted by molar-refractivity contribution is 1.07. The molecular weight excluding hydrogens is 206 g/mol. The van der Waals surface area contributed by atoms with Crippen molar-refractivity contribution in [3.8, 4) is 0 Å². The van der Waals surface area contributed by atoms with Gasteiger partial charge in [0.2, 0.25) is 0 Å². The summed E-state index contributed by atoms with van der Waals surface area (Å²) in [6.07, 6.45) is 3.72. The molecule has 1 aromatic carbocycles. The standard InChI is InChI=1S/C16H17N/c1-3-13(2)15-9-7-14(8-10-15)12-16-6-4-5-11-17-16/h4-11H,2-3,12H2,1H3. The molecular formula is C16H17N. The van der Waals surface area contributed by atoms with Crippen molar-refractivity contribution in [2.24, 2.45) is 0 Å². The van der Waals surface area contributed by atoms with Crippen LogP contribution in [0.15, 0.2) is 55.2 Å². The number of allylic oxidation sites excluding steroid dienone is 1. The first-order valence-electron chi connectivity index (χ1n) is 5.96. The number of hydrogen-bond donors (Lipinski definition) is 0. The number of pyridine rings is 1. The predicted octanol–water partition coefficient (Wildman–Crippen LogP) is 4.10. The normalized spacial score (nSPS) is 10.2. The maximum absolute atomic E-state index is 4.33. The number of benzene rings is 1. The average Bonchev–Trinajstić information content (AvgIpc) is 2.40. The van der Waals surface area contributed by atoms with Crippen LogP contribution in [-0.4, -0.2) is 4.98 Å². The molecule has 1 aromatic heterocycles. The summed E-state index contributed by atoms with van der Waals surface area (Å²) in [5, 5.41) is 0. The molecule has 0 spiro atoms. The summed E-state index contributed by atoms with van der Waals surface area (Å²) in [7, 11) is 0. The van der Waals surface area contributed by atoms with Crippen LogP contribution in [0.2, 0.25) is 0 Å². The molecule has 2 rings (SSSR count). The molecule has 1 heteroatoms. The van der Waals surface area contributed by atoms with Crippen LogP contribution in [0.3, 0.4) is 0 Å².